The van der Waals surface area contributed by atoms with Crippen LogP contribution in [0.25, 0.3) is 0 Å². The molecule has 0 spiro atoms. The zero-order valence-corrected chi connectivity index (χ0v) is 9.56. The lowest BCUT2D eigenvalue weighted by Crippen LogP contribution is -2.04. The summed E-state index contributed by atoms with van der Waals surface area (Å²) in [4.78, 5) is 0. The second-order valence-electron chi connectivity index (χ2n) is 3.77. The molecule has 0 amide bonds. The van der Waals surface area contributed by atoms with Crippen LogP contribution in [0, 0.1) is 5.92 Å². The Kier molecular flexibility index (Phi) is 6.33. The van der Waals surface area contributed by atoms with Crippen LogP contribution in [0.4, 0.5) is 0 Å². The molecule has 0 aromatic heterocycles. The first-order chi connectivity index (χ1) is 5.92. The van der Waals surface area contributed by atoms with Crippen LogP contribution < -0.4 is 0 Å². The third-order valence-corrected chi connectivity index (χ3v) is 2.32. The van der Waals surface area contributed by atoms with Crippen molar-refractivity contribution in [3.63, 3.8) is 0 Å². The summed E-state index contributed by atoms with van der Waals surface area (Å²) in [5, 5.41) is 0. The molecule has 13 heavy (non-hydrogen) atoms. The van der Waals surface area contributed by atoms with E-state index in [-0.39, 0.29) is 0 Å². The predicted octanol–water partition coefficient (Wildman–Crippen LogP) is 2.18. The van der Waals surface area contributed by atoms with Gasteiger partial charge < -0.3 is 0 Å². The molecule has 0 unspecified atom stereocenters. The first-order valence-corrected chi connectivity index (χ1v) is 6.58. The van der Waals surface area contributed by atoms with Gasteiger partial charge in [-0.1, -0.05) is 33.1 Å². The van der Waals surface area contributed by atoms with Crippen molar-refractivity contribution in [1.29, 1.82) is 0 Å². The van der Waals surface area contributed by atoms with Crippen molar-refractivity contribution in [3.8, 4) is 0 Å². The highest BCUT2D eigenvalue weighted by Crippen LogP contribution is 2.08. The molecular weight excluding hydrogens is 188 g/mol. The van der Waals surface area contributed by atoms with Gasteiger partial charge in [0.25, 0.3) is 10.1 Å². The Bertz CT molecular complexity index is 207. The zero-order chi connectivity index (χ0) is 10.3. The largest absolute Gasteiger partial charge is 0.270 e. The van der Waals surface area contributed by atoms with Gasteiger partial charge in [0, 0.05) is 0 Å². The predicted molar refractivity (Wildman–Crippen MR) is 54.1 cm³/mol. The maximum atomic E-state index is 10.5. The normalized spacial score (nSPS) is 12.3. The average molecular weight is 208 g/mol. The Morgan fingerprint density at radius 1 is 1.15 bits per heavy atom. The van der Waals surface area contributed by atoms with Crippen LogP contribution in [0.1, 0.15) is 39.5 Å². The summed E-state index contributed by atoms with van der Waals surface area (Å²) in [6.07, 6.45) is 5.33. The molecule has 4 heteroatoms. The summed E-state index contributed by atoms with van der Waals surface area (Å²) in [7, 11) is -3.23. The minimum absolute atomic E-state index is 0.330. The van der Waals surface area contributed by atoms with Crippen molar-refractivity contribution in [1.82, 2.24) is 0 Å². The van der Waals surface area contributed by atoms with E-state index in [4.69, 9.17) is 0 Å². The molecule has 0 bridgehead atoms. The Morgan fingerprint density at radius 3 is 2.23 bits per heavy atom. The van der Waals surface area contributed by atoms with Gasteiger partial charge in [0.2, 0.25) is 0 Å². The summed E-state index contributed by atoms with van der Waals surface area (Å²) in [5.41, 5.74) is 0. The lowest BCUT2D eigenvalue weighted by Gasteiger charge is -2.03. The average Bonchev–Trinajstić information content (AvgIpc) is 1.93. The minimum atomic E-state index is -3.23. The van der Waals surface area contributed by atoms with Gasteiger partial charge in [-0.2, -0.15) is 8.42 Å². The maximum Gasteiger partial charge on any atom is 0.264 e. The fraction of sp³-hybridized carbons (Fsp3) is 1.00. The van der Waals surface area contributed by atoms with Crippen molar-refractivity contribution in [3.05, 3.63) is 0 Å². The molecule has 3 nitrogen and oxygen atoms in total. The number of rotatable bonds is 7. The Balaban J connectivity index is 3.18. The quantitative estimate of drug-likeness (QED) is 0.476. The second kappa shape index (κ2) is 6.38. The molecule has 0 rings (SSSR count). The summed E-state index contributed by atoms with van der Waals surface area (Å²) in [5.74, 6) is 0.732. The number of hydrogen-bond acceptors (Lipinski definition) is 3. The van der Waals surface area contributed by atoms with E-state index in [0.717, 1.165) is 31.4 Å². The Morgan fingerprint density at radius 2 is 1.77 bits per heavy atom. The molecule has 0 radical (unpaired) electrons. The molecule has 0 aliphatic heterocycles. The molecule has 0 aromatic carbocycles. The van der Waals surface area contributed by atoms with Crippen LogP contribution in [0.3, 0.4) is 0 Å². The highest BCUT2D eigenvalue weighted by Gasteiger charge is 2.00. The van der Waals surface area contributed by atoms with Crippen LogP contribution in [-0.4, -0.2) is 21.3 Å². The van der Waals surface area contributed by atoms with Gasteiger partial charge in [-0.3, -0.25) is 4.18 Å². The number of hydrogen-bond donors (Lipinski definition) is 0. The third-order valence-electron chi connectivity index (χ3n) is 1.72. The van der Waals surface area contributed by atoms with Crippen molar-refractivity contribution in [2.24, 2.45) is 5.92 Å². The molecular formula is C9H20O3S. The van der Waals surface area contributed by atoms with Crippen LogP contribution in [0.2, 0.25) is 0 Å². The molecule has 0 N–H and O–H groups in total. The second-order valence-corrected chi connectivity index (χ2v) is 5.41. The maximum absolute atomic E-state index is 10.5. The van der Waals surface area contributed by atoms with Crippen molar-refractivity contribution < 1.29 is 12.6 Å². The minimum Gasteiger partial charge on any atom is -0.270 e. The summed E-state index contributed by atoms with van der Waals surface area (Å²) in [6, 6.07) is 0. The van der Waals surface area contributed by atoms with Gasteiger partial charge in [0.05, 0.1) is 12.9 Å². The van der Waals surface area contributed by atoms with E-state index >= 15 is 0 Å². The summed E-state index contributed by atoms with van der Waals surface area (Å²) >= 11 is 0. The van der Waals surface area contributed by atoms with E-state index in [0.29, 0.717) is 6.61 Å². The van der Waals surface area contributed by atoms with E-state index in [9.17, 15) is 8.42 Å². The molecule has 80 valence electrons. The SMILES string of the molecule is CC(C)CCCCCOS(C)(=O)=O. The standard InChI is InChI=1S/C9H20O3S/c1-9(2)7-5-4-6-8-12-13(3,10)11/h9H,4-8H2,1-3H3. The lowest BCUT2D eigenvalue weighted by molar-refractivity contribution is 0.308. The van der Waals surface area contributed by atoms with E-state index < -0.39 is 10.1 Å². The summed E-state index contributed by atoms with van der Waals surface area (Å²) < 4.78 is 25.7. The van der Waals surface area contributed by atoms with Gasteiger partial charge in [0.1, 0.15) is 0 Å². The van der Waals surface area contributed by atoms with Gasteiger partial charge in [-0.15, -0.1) is 0 Å². The Labute approximate surface area is 81.6 Å². The molecule has 0 fully saturated rings. The molecule has 0 aliphatic carbocycles. The topological polar surface area (TPSA) is 43.4 Å². The first kappa shape index (κ1) is 12.9. The van der Waals surface area contributed by atoms with Crippen molar-refractivity contribution in [2.45, 2.75) is 39.5 Å². The van der Waals surface area contributed by atoms with Crippen LogP contribution in [0.5, 0.6) is 0 Å². The molecule has 0 atom stereocenters. The molecule has 0 saturated carbocycles. The zero-order valence-electron chi connectivity index (χ0n) is 8.75. The van der Waals surface area contributed by atoms with Gasteiger partial charge >= 0.3 is 0 Å². The summed E-state index contributed by atoms with van der Waals surface area (Å²) in [6.45, 7) is 4.71. The van der Waals surface area contributed by atoms with Crippen LogP contribution in [-0.2, 0) is 14.3 Å². The van der Waals surface area contributed by atoms with E-state index in [1.165, 1.54) is 6.42 Å². The highest BCUT2D eigenvalue weighted by atomic mass is 32.2. The monoisotopic (exact) mass is 208 g/mol. The van der Waals surface area contributed by atoms with Crippen LogP contribution in [0.15, 0.2) is 0 Å². The van der Waals surface area contributed by atoms with Crippen molar-refractivity contribution in [2.75, 3.05) is 12.9 Å². The first-order valence-electron chi connectivity index (χ1n) is 4.76. The lowest BCUT2D eigenvalue weighted by atomic mass is 10.1. The van der Waals surface area contributed by atoms with E-state index in [1.807, 2.05) is 0 Å². The fourth-order valence-corrected chi connectivity index (χ4v) is 1.46. The molecule has 0 heterocycles. The highest BCUT2D eigenvalue weighted by molar-refractivity contribution is 7.85. The van der Waals surface area contributed by atoms with Crippen LogP contribution >= 0.6 is 0 Å². The van der Waals surface area contributed by atoms with E-state index in [2.05, 4.69) is 18.0 Å². The Hall–Kier alpha value is -0.0900. The van der Waals surface area contributed by atoms with Crippen molar-refractivity contribution >= 4 is 10.1 Å². The molecule has 0 aromatic rings. The van der Waals surface area contributed by atoms with Gasteiger partial charge in [0.15, 0.2) is 0 Å². The molecule has 0 saturated heterocycles. The number of unbranched alkanes of at least 4 members (excludes halogenated alkanes) is 2. The smallest absolute Gasteiger partial charge is 0.264 e. The van der Waals surface area contributed by atoms with E-state index in [1.54, 1.807) is 0 Å². The van der Waals surface area contributed by atoms with Gasteiger partial charge in [-0.25, -0.2) is 0 Å². The fourth-order valence-electron chi connectivity index (χ4n) is 1.04. The molecule has 0 aliphatic rings. The third kappa shape index (κ3) is 11.9. The van der Waals surface area contributed by atoms with Gasteiger partial charge in [-0.05, 0) is 12.3 Å².